The minimum absolute atomic E-state index is 0.0997. The second-order valence-corrected chi connectivity index (χ2v) is 5.42. The molecule has 0 aliphatic rings. The number of hydrogen-bond donors (Lipinski definition) is 1. The summed E-state index contributed by atoms with van der Waals surface area (Å²) in [5.41, 5.74) is 1.90. The van der Waals surface area contributed by atoms with E-state index in [2.05, 4.69) is 15.2 Å². The van der Waals surface area contributed by atoms with Gasteiger partial charge in [-0.05, 0) is 30.3 Å². The van der Waals surface area contributed by atoms with E-state index in [0.29, 0.717) is 12.2 Å². The number of anilines is 1. The van der Waals surface area contributed by atoms with Crippen molar-refractivity contribution >= 4 is 17.3 Å². The van der Waals surface area contributed by atoms with Crippen LogP contribution in [-0.2, 0) is 11.3 Å². The van der Waals surface area contributed by atoms with Gasteiger partial charge in [-0.2, -0.15) is 5.10 Å². The number of carbonyl (C=O) groups is 1. The Kier molecular flexibility index (Phi) is 4.93. The number of esters is 1. The van der Waals surface area contributed by atoms with Gasteiger partial charge in [0.1, 0.15) is 5.56 Å². The third-order valence-corrected chi connectivity index (χ3v) is 3.74. The Labute approximate surface area is 149 Å². The lowest BCUT2D eigenvalue weighted by Crippen LogP contribution is -2.08. The van der Waals surface area contributed by atoms with Gasteiger partial charge in [-0.15, -0.1) is 0 Å². The highest BCUT2D eigenvalue weighted by molar-refractivity contribution is 5.95. The van der Waals surface area contributed by atoms with Gasteiger partial charge in [0, 0.05) is 18.0 Å². The van der Waals surface area contributed by atoms with E-state index in [-0.39, 0.29) is 11.3 Å². The highest BCUT2D eigenvalue weighted by Crippen LogP contribution is 2.23. The van der Waals surface area contributed by atoms with Crippen LogP contribution in [0, 0.1) is 10.1 Å². The number of benzene rings is 2. The van der Waals surface area contributed by atoms with E-state index < -0.39 is 10.9 Å². The Hall–Kier alpha value is -3.68. The van der Waals surface area contributed by atoms with Crippen LogP contribution in [-0.4, -0.2) is 27.8 Å². The van der Waals surface area contributed by atoms with Gasteiger partial charge in [-0.1, -0.05) is 18.2 Å². The van der Waals surface area contributed by atoms with Crippen molar-refractivity contribution in [2.45, 2.75) is 6.54 Å². The first kappa shape index (κ1) is 17.2. The Balaban J connectivity index is 1.75. The molecule has 0 spiro atoms. The summed E-state index contributed by atoms with van der Waals surface area (Å²) >= 11 is 0. The third-order valence-electron chi connectivity index (χ3n) is 3.74. The first-order chi connectivity index (χ1) is 12.6. The molecular formula is C18H16N4O4. The maximum absolute atomic E-state index is 11.8. The number of carbonyl (C=O) groups excluding carboxylic acids is 1. The molecule has 0 atom stereocenters. The predicted octanol–water partition coefficient (Wildman–Crippen LogP) is 3.18. The van der Waals surface area contributed by atoms with Gasteiger partial charge < -0.3 is 10.1 Å². The van der Waals surface area contributed by atoms with Crippen molar-refractivity contribution in [3.05, 3.63) is 82.2 Å². The Morgan fingerprint density at radius 3 is 2.69 bits per heavy atom. The molecule has 0 amide bonds. The van der Waals surface area contributed by atoms with Crippen LogP contribution in [0.4, 0.5) is 11.4 Å². The van der Waals surface area contributed by atoms with Gasteiger partial charge in [-0.3, -0.25) is 10.1 Å². The van der Waals surface area contributed by atoms with E-state index in [9.17, 15) is 14.9 Å². The molecule has 1 heterocycles. The lowest BCUT2D eigenvalue weighted by atomic mass is 10.1. The van der Waals surface area contributed by atoms with Crippen LogP contribution in [0.25, 0.3) is 5.69 Å². The molecule has 0 radical (unpaired) electrons. The number of nitrogens with zero attached hydrogens (tertiary/aromatic N) is 3. The summed E-state index contributed by atoms with van der Waals surface area (Å²) in [5, 5.41) is 18.6. The number of para-hydroxylation sites is 1. The van der Waals surface area contributed by atoms with Crippen LogP contribution in [0.1, 0.15) is 16.1 Å². The monoisotopic (exact) mass is 352 g/mol. The van der Waals surface area contributed by atoms with Gasteiger partial charge in [-0.25, -0.2) is 9.48 Å². The van der Waals surface area contributed by atoms with Crippen molar-refractivity contribution in [3.8, 4) is 5.69 Å². The minimum Gasteiger partial charge on any atom is -0.465 e. The lowest BCUT2D eigenvalue weighted by Gasteiger charge is -2.07. The summed E-state index contributed by atoms with van der Waals surface area (Å²) in [6.07, 6.45) is 1.85. The molecule has 3 aromatic rings. The van der Waals surface area contributed by atoms with Crippen molar-refractivity contribution in [1.82, 2.24) is 9.78 Å². The van der Waals surface area contributed by atoms with E-state index in [1.807, 2.05) is 42.6 Å². The topological polar surface area (TPSA) is 99.3 Å². The molecule has 132 valence electrons. The zero-order valence-corrected chi connectivity index (χ0v) is 14.0. The van der Waals surface area contributed by atoms with E-state index >= 15 is 0 Å². The number of nitrogens with one attached hydrogen (secondary N) is 1. The van der Waals surface area contributed by atoms with Crippen LogP contribution in [0.2, 0.25) is 0 Å². The summed E-state index contributed by atoms with van der Waals surface area (Å²) < 4.78 is 6.37. The van der Waals surface area contributed by atoms with Crippen LogP contribution in [0.3, 0.4) is 0 Å². The van der Waals surface area contributed by atoms with Gasteiger partial charge in [0.15, 0.2) is 0 Å². The molecule has 26 heavy (non-hydrogen) atoms. The number of nitro benzene ring substituents is 1. The van der Waals surface area contributed by atoms with Crippen molar-refractivity contribution in [2.24, 2.45) is 0 Å². The normalized spacial score (nSPS) is 10.3. The minimum atomic E-state index is -0.756. The molecule has 8 nitrogen and oxygen atoms in total. The van der Waals surface area contributed by atoms with Crippen LogP contribution >= 0.6 is 0 Å². The molecule has 1 aromatic heterocycles. The molecule has 1 N–H and O–H groups in total. The van der Waals surface area contributed by atoms with Crippen molar-refractivity contribution in [1.29, 1.82) is 0 Å². The van der Waals surface area contributed by atoms with Gasteiger partial charge in [0.05, 0.1) is 30.0 Å². The van der Waals surface area contributed by atoms with Crippen LogP contribution in [0.5, 0.6) is 0 Å². The quantitative estimate of drug-likeness (QED) is 0.415. The number of ether oxygens (including phenoxy) is 1. The molecule has 0 bridgehead atoms. The number of hydrogen-bond acceptors (Lipinski definition) is 6. The van der Waals surface area contributed by atoms with E-state index in [1.54, 1.807) is 10.7 Å². The fraction of sp³-hybridized carbons (Fsp3) is 0.111. The van der Waals surface area contributed by atoms with Crippen molar-refractivity contribution < 1.29 is 14.5 Å². The molecule has 0 unspecified atom stereocenters. The predicted molar refractivity (Wildman–Crippen MR) is 95.3 cm³/mol. The van der Waals surface area contributed by atoms with Crippen molar-refractivity contribution in [2.75, 3.05) is 12.4 Å². The van der Waals surface area contributed by atoms with Crippen molar-refractivity contribution in [3.63, 3.8) is 0 Å². The smallest absolute Gasteiger partial charge is 0.344 e. The average molecular weight is 352 g/mol. The zero-order chi connectivity index (χ0) is 18.5. The second-order valence-electron chi connectivity index (χ2n) is 5.42. The average Bonchev–Trinajstić information content (AvgIpc) is 3.15. The molecule has 0 saturated carbocycles. The molecule has 0 aliphatic carbocycles. The molecule has 0 aliphatic heterocycles. The lowest BCUT2D eigenvalue weighted by molar-refractivity contribution is -0.385. The zero-order valence-electron chi connectivity index (χ0n) is 14.0. The maximum atomic E-state index is 11.8. The first-order valence-corrected chi connectivity index (χ1v) is 7.79. The van der Waals surface area contributed by atoms with Gasteiger partial charge in [0.25, 0.3) is 5.69 Å². The SMILES string of the molecule is COC(=O)c1cc(NCc2ccn(-c3ccccc3)n2)ccc1[N+](=O)[O-]. The standard InChI is InChI=1S/C18H16N4O4/c1-26-18(23)16-11-13(7-8-17(16)22(24)25)19-12-14-9-10-21(20-14)15-5-3-2-4-6-15/h2-11,19H,12H2,1H3. The van der Waals surface area contributed by atoms with Gasteiger partial charge in [0.2, 0.25) is 0 Å². The van der Waals surface area contributed by atoms with E-state index in [1.165, 1.54) is 19.2 Å². The number of methoxy groups -OCH3 is 1. The van der Waals surface area contributed by atoms with Crippen LogP contribution < -0.4 is 5.32 Å². The maximum Gasteiger partial charge on any atom is 0.344 e. The van der Waals surface area contributed by atoms with Gasteiger partial charge >= 0.3 is 5.97 Å². The summed E-state index contributed by atoms with van der Waals surface area (Å²) in [4.78, 5) is 22.2. The van der Waals surface area contributed by atoms with E-state index in [4.69, 9.17) is 0 Å². The third kappa shape index (κ3) is 3.69. The van der Waals surface area contributed by atoms with Crippen LogP contribution in [0.15, 0.2) is 60.8 Å². The Bertz CT molecular complexity index is 937. The molecule has 8 heteroatoms. The summed E-state index contributed by atoms with van der Waals surface area (Å²) in [6.45, 7) is 0.401. The largest absolute Gasteiger partial charge is 0.465 e. The Morgan fingerprint density at radius 2 is 2.00 bits per heavy atom. The Morgan fingerprint density at radius 1 is 1.23 bits per heavy atom. The molecule has 2 aromatic carbocycles. The molecule has 0 fully saturated rings. The number of aromatic nitrogens is 2. The molecule has 0 saturated heterocycles. The van der Waals surface area contributed by atoms with E-state index in [0.717, 1.165) is 11.4 Å². The number of nitro groups is 1. The fourth-order valence-corrected chi connectivity index (χ4v) is 2.45. The molecule has 3 rings (SSSR count). The second kappa shape index (κ2) is 7.47. The first-order valence-electron chi connectivity index (χ1n) is 7.79. The summed E-state index contributed by atoms with van der Waals surface area (Å²) in [7, 11) is 1.18. The molecular weight excluding hydrogens is 336 g/mol. The summed E-state index contributed by atoms with van der Waals surface area (Å²) in [5.74, 6) is -0.756. The highest BCUT2D eigenvalue weighted by atomic mass is 16.6. The fourth-order valence-electron chi connectivity index (χ4n) is 2.45. The highest BCUT2D eigenvalue weighted by Gasteiger charge is 2.21. The number of rotatable bonds is 6. The summed E-state index contributed by atoms with van der Waals surface area (Å²) in [6, 6.07) is 15.8.